The number of hydrogen-bond donors (Lipinski definition) is 3. The number of aryl methyl sites for hydroxylation is 2. The number of amides is 4. The van der Waals surface area contributed by atoms with Crippen LogP contribution in [0.5, 0.6) is 0 Å². The SMILES string of the molecule is Cc1oc2nc1C(=O)N[C@H](C)CN(C(=O)Cn1c(C)cc(=O)c3ccccc31)CC(=O)N[C@@H](C(C)C)c1nc(cs1)C(=O)N[C@@H]2C(C)C. The van der Waals surface area contributed by atoms with Crippen LogP contribution in [0.3, 0.4) is 0 Å². The molecule has 5 rings (SSSR count). The van der Waals surface area contributed by atoms with Crippen molar-refractivity contribution in [1.82, 2.24) is 35.4 Å². The summed E-state index contributed by atoms with van der Waals surface area (Å²) < 4.78 is 7.64. The molecular weight excluding hydrogens is 634 g/mol. The monoisotopic (exact) mass is 675 g/mol. The normalized spacial score (nSPS) is 19.6. The second-order valence-electron chi connectivity index (χ2n) is 12.9. The highest BCUT2D eigenvalue weighted by Crippen LogP contribution is 2.27. The van der Waals surface area contributed by atoms with E-state index in [2.05, 4.69) is 25.9 Å². The molecule has 1 aliphatic heterocycles. The van der Waals surface area contributed by atoms with Crippen LogP contribution in [0.2, 0.25) is 0 Å². The highest BCUT2D eigenvalue weighted by atomic mass is 32.1. The summed E-state index contributed by atoms with van der Waals surface area (Å²) >= 11 is 1.26. The van der Waals surface area contributed by atoms with Gasteiger partial charge in [-0.15, -0.1) is 11.3 Å². The van der Waals surface area contributed by atoms with Crippen molar-refractivity contribution in [3.63, 3.8) is 0 Å². The first-order valence-corrected chi connectivity index (χ1v) is 16.8. The number of rotatable bonds is 4. The smallest absolute Gasteiger partial charge is 0.273 e. The van der Waals surface area contributed by atoms with E-state index in [-0.39, 0.29) is 65.8 Å². The lowest BCUT2D eigenvalue weighted by molar-refractivity contribution is -0.137. The van der Waals surface area contributed by atoms with E-state index >= 15 is 0 Å². The van der Waals surface area contributed by atoms with Gasteiger partial charge >= 0.3 is 0 Å². The number of nitrogens with zero attached hydrogens (tertiary/aromatic N) is 4. The molecule has 3 aromatic heterocycles. The molecule has 0 saturated carbocycles. The number of nitrogens with one attached hydrogen (secondary N) is 3. The minimum absolute atomic E-state index is 0.0113. The third kappa shape index (κ3) is 7.33. The zero-order valence-electron chi connectivity index (χ0n) is 28.1. The van der Waals surface area contributed by atoms with Crippen LogP contribution in [0.1, 0.15) is 90.0 Å². The molecule has 1 aliphatic rings. The minimum atomic E-state index is -0.638. The molecule has 13 nitrogen and oxygen atoms in total. The average molecular weight is 676 g/mol. The van der Waals surface area contributed by atoms with E-state index in [9.17, 15) is 24.0 Å². The number of oxazole rings is 1. The molecular formula is C34H41N7O6S. The van der Waals surface area contributed by atoms with E-state index in [1.165, 1.54) is 22.3 Å². The molecule has 4 heterocycles. The largest absolute Gasteiger partial charge is 0.443 e. The van der Waals surface area contributed by atoms with Gasteiger partial charge in [-0.05, 0) is 44.7 Å². The topological polar surface area (TPSA) is 169 Å². The average Bonchev–Trinajstić information content (AvgIpc) is 3.66. The molecule has 4 bridgehead atoms. The lowest BCUT2D eigenvalue weighted by Gasteiger charge is -2.28. The Morgan fingerprint density at radius 2 is 1.69 bits per heavy atom. The summed E-state index contributed by atoms with van der Waals surface area (Å²) in [6.07, 6.45) is 0. The third-order valence-electron chi connectivity index (χ3n) is 8.33. The molecule has 48 heavy (non-hydrogen) atoms. The van der Waals surface area contributed by atoms with Gasteiger partial charge in [-0.2, -0.15) is 0 Å². The van der Waals surface area contributed by atoms with E-state index in [0.29, 0.717) is 21.6 Å². The first-order valence-electron chi connectivity index (χ1n) is 15.9. The van der Waals surface area contributed by atoms with Crippen molar-refractivity contribution >= 4 is 45.9 Å². The second-order valence-corrected chi connectivity index (χ2v) is 13.8. The van der Waals surface area contributed by atoms with Gasteiger partial charge < -0.3 is 29.8 Å². The molecule has 0 aliphatic carbocycles. The van der Waals surface area contributed by atoms with E-state index in [0.717, 1.165) is 0 Å². The fourth-order valence-electron chi connectivity index (χ4n) is 5.75. The Labute approximate surface area is 282 Å². The number of pyridine rings is 1. The highest BCUT2D eigenvalue weighted by molar-refractivity contribution is 7.09. The van der Waals surface area contributed by atoms with Crippen LogP contribution in [-0.2, 0) is 16.1 Å². The Balaban J connectivity index is 1.52. The molecule has 4 aromatic rings. The van der Waals surface area contributed by atoms with Crippen molar-refractivity contribution in [3.8, 4) is 0 Å². The standard InChI is InChI=1S/C34H41N7O6S/c1-17(2)28-33-39-30(21(7)47-33)32(46)35-19(5)13-40(27(44)15-41-20(6)12-25(42)22-10-8-9-11-24(22)41)14-26(43)37-29(18(3)4)34-36-23(16-48-34)31(45)38-28/h8-12,16-19,28-29H,13-15H2,1-7H3,(H,35,46)(H,37,43)(H,38,45)/t19-,28-,29+/m1/s1. The Hall–Kier alpha value is -4.85. The summed E-state index contributed by atoms with van der Waals surface area (Å²) in [7, 11) is 0. The predicted molar refractivity (Wildman–Crippen MR) is 181 cm³/mol. The number of fused-ring (bicyclic) bond motifs is 5. The van der Waals surface area contributed by atoms with Gasteiger partial charge in [0.2, 0.25) is 17.7 Å². The van der Waals surface area contributed by atoms with Crippen LogP contribution in [0.25, 0.3) is 10.9 Å². The fraction of sp³-hybridized carbons (Fsp3) is 0.441. The number of carbonyl (C=O) groups excluding carboxylic acids is 4. The van der Waals surface area contributed by atoms with Gasteiger partial charge in [0, 0.05) is 35.1 Å². The van der Waals surface area contributed by atoms with Crippen LogP contribution in [0.4, 0.5) is 0 Å². The molecule has 14 heteroatoms. The summed E-state index contributed by atoms with van der Waals surface area (Å²) in [5.41, 5.74) is 1.28. The van der Waals surface area contributed by atoms with Crippen molar-refractivity contribution in [1.29, 1.82) is 0 Å². The first kappa shape index (κ1) is 34.5. The van der Waals surface area contributed by atoms with Gasteiger partial charge in [0.25, 0.3) is 11.8 Å². The number of hydrogen-bond acceptors (Lipinski definition) is 9. The zero-order chi connectivity index (χ0) is 34.9. The van der Waals surface area contributed by atoms with Crippen molar-refractivity contribution in [2.45, 2.75) is 73.1 Å². The maximum Gasteiger partial charge on any atom is 0.273 e. The molecule has 0 fully saturated rings. The van der Waals surface area contributed by atoms with Gasteiger partial charge in [-0.3, -0.25) is 24.0 Å². The number of thiazole rings is 1. The van der Waals surface area contributed by atoms with E-state index in [4.69, 9.17) is 4.42 Å². The summed E-state index contributed by atoms with van der Waals surface area (Å²) in [6, 6.07) is 6.77. The Kier molecular flexibility index (Phi) is 10.1. The van der Waals surface area contributed by atoms with Crippen LogP contribution < -0.4 is 21.4 Å². The van der Waals surface area contributed by atoms with Crippen LogP contribution >= 0.6 is 11.3 Å². The molecule has 0 spiro atoms. The van der Waals surface area contributed by atoms with Gasteiger partial charge in [0.05, 0.1) is 18.1 Å². The van der Waals surface area contributed by atoms with Gasteiger partial charge in [-0.1, -0.05) is 39.8 Å². The summed E-state index contributed by atoms with van der Waals surface area (Å²) in [6.45, 7) is 12.3. The third-order valence-corrected chi connectivity index (χ3v) is 9.26. The number of benzene rings is 1. The Bertz CT molecular complexity index is 1930. The van der Waals surface area contributed by atoms with Crippen molar-refractivity contribution < 1.29 is 23.6 Å². The molecule has 254 valence electrons. The second kappa shape index (κ2) is 14.1. The molecule has 0 unspecified atom stereocenters. The van der Waals surface area contributed by atoms with Gasteiger partial charge in [0.1, 0.15) is 29.0 Å². The Morgan fingerprint density at radius 1 is 0.979 bits per heavy atom. The lowest BCUT2D eigenvalue weighted by atomic mass is 10.0. The molecule has 4 amide bonds. The van der Waals surface area contributed by atoms with E-state index < -0.39 is 35.8 Å². The quantitative estimate of drug-likeness (QED) is 0.295. The van der Waals surface area contributed by atoms with Gasteiger partial charge in [0.15, 0.2) is 11.1 Å². The van der Waals surface area contributed by atoms with Crippen LogP contribution in [0.15, 0.2) is 44.9 Å². The minimum Gasteiger partial charge on any atom is -0.443 e. The van der Waals surface area contributed by atoms with Crippen LogP contribution in [-0.4, -0.2) is 62.2 Å². The number of carbonyl (C=O) groups is 4. The first-order chi connectivity index (χ1) is 22.7. The maximum atomic E-state index is 14.0. The predicted octanol–water partition coefficient (Wildman–Crippen LogP) is 3.66. The maximum absolute atomic E-state index is 14.0. The lowest BCUT2D eigenvalue weighted by Crippen LogP contribution is -2.49. The molecule has 0 radical (unpaired) electrons. The summed E-state index contributed by atoms with van der Waals surface area (Å²) in [4.78, 5) is 77.4. The number of para-hydroxylation sites is 1. The molecule has 3 atom stereocenters. The summed E-state index contributed by atoms with van der Waals surface area (Å²) in [5.74, 6) is -1.52. The number of aromatic nitrogens is 3. The fourth-order valence-corrected chi connectivity index (χ4v) is 6.77. The van der Waals surface area contributed by atoms with Crippen molar-refractivity contribution in [3.05, 3.63) is 79.7 Å². The molecule has 3 N–H and O–H groups in total. The van der Waals surface area contributed by atoms with Crippen molar-refractivity contribution in [2.24, 2.45) is 11.8 Å². The Morgan fingerprint density at radius 3 is 2.40 bits per heavy atom. The highest BCUT2D eigenvalue weighted by Gasteiger charge is 2.31. The van der Waals surface area contributed by atoms with E-state index in [1.54, 1.807) is 55.0 Å². The van der Waals surface area contributed by atoms with Crippen LogP contribution in [0, 0.1) is 25.7 Å². The molecule has 0 saturated heterocycles. The summed E-state index contributed by atoms with van der Waals surface area (Å²) in [5, 5.41) is 11.5. The van der Waals surface area contributed by atoms with Crippen molar-refractivity contribution in [2.75, 3.05) is 13.1 Å². The zero-order valence-corrected chi connectivity index (χ0v) is 28.9. The van der Waals surface area contributed by atoms with Gasteiger partial charge in [-0.25, -0.2) is 9.97 Å². The van der Waals surface area contributed by atoms with E-state index in [1.807, 2.05) is 27.7 Å². The molecule has 1 aromatic carbocycles.